The maximum Gasteiger partial charge on any atom is 0.256 e. The van der Waals surface area contributed by atoms with Crippen LogP contribution in [0.15, 0.2) is 36.5 Å². The van der Waals surface area contributed by atoms with E-state index in [2.05, 4.69) is 15.6 Å². The van der Waals surface area contributed by atoms with Gasteiger partial charge in [-0.3, -0.25) is 4.79 Å². The Labute approximate surface area is 164 Å². The van der Waals surface area contributed by atoms with E-state index in [9.17, 15) is 14.3 Å². The summed E-state index contributed by atoms with van der Waals surface area (Å²) in [6.45, 7) is 2.87. The quantitative estimate of drug-likeness (QED) is 0.672. The highest BCUT2D eigenvalue weighted by Crippen LogP contribution is 2.28. The zero-order valence-corrected chi connectivity index (χ0v) is 16.0. The van der Waals surface area contributed by atoms with Crippen LogP contribution in [0.5, 0.6) is 11.6 Å². The lowest BCUT2D eigenvalue weighted by molar-refractivity contribution is 0.00522. The van der Waals surface area contributed by atoms with Gasteiger partial charge >= 0.3 is 0 Å². The molecule has 0 bridgehead atoms. The molecule has 1 aliphatic rings. The maximum absolute atomic E-state index is 13.7. The van der Waals surface area contributed by atoms with Gasteiger partial charge in [0.25, 0.3) is 5.91 Å². The SMILES string of the molecule is CCNc1cccc(Oc2ncc(F)cc2C(=O)NCC2(O)CCCCC2)c1. The van der Waals surface area contributed by atoms with Crippen LogP contribution >= 0.6 is 0 Å². The zero-order valence-electron chi connectivity index (χ0n) is 16.0. The number of carbonyl (C=O) groups is 1. The first-order valence-electron chi connectivity index (χ1n) is 9.67. The lowest BCUT2D eigenvalue weighted by Gasteiger charge is -2.32. The molecule has 1 fully saturated rings. The first-order valence-corrected chi connectivity index (χ1v) is 9.67. The van der Waals surface area contributed by atoms with E-state index >= 15 is 0 Å². The molecule has 1 amide bonds. The zero-order chi connectivity index (χ0) is 20.0. The summed E-state index contributed by atoms with van der Waals surface area (Å²) in [4.78, 5) is 16.6. The Morgan fingerprint density at radius 1 is 1.29 bits per heavy atom. The topological polar surface area (TPSA) is 83.5 Å². The number of carbonyl (C=O) groups excluding carboxylic acids is 1. The molecule has 3 N–H and O–H groups in total. The Bertz CT molecular complexity index is 822. The van der Waals surface area contributed by atoms with Gasteiger partial charge in [-0.2, -0.15) is 0 Å². The number of rotatable bonds is 7. The molecule has 1 aliphatic carbocycles. The molecule has 0 radical (unpaired) electrons. The molecule has 0 aliphatic heterocycles. The van der Waals surface area contributed by atoms with Crippen molar-refractivity contribution in [2.24, 2.45) is 0 Å². The van der Waals surface area contributed by atoms with Crippen molar-refractivity contribution in [1.82, 2.24) is 10.3 Å². The smallest absolute Gasteiger partial charge is 0.256 e. The number of amides is 1. The second kappa shape index (κ2) is 9.01. The van der Waals surface area contributed by atoms with E-state index in [1.165, 1.54) is 0 Å². The fraction of sp³-hybridized carbons (Fsp3) is 0.429. The molecule has 2 aromatic rings. The Balaban J connectivity index is 1.74. The molecule has 150 valence electrons. The summed E-state index contributed by atoms with van der Waals surface area (Å²) in [7, 11) is 0. The van der Waals surface area contributed by atoms with Crippen LogP contribution in [0.3, 0.4) is 0 Å². The van der Waals surface area contributed by atoms with Crippen LogP contribution in [0.25, 0.3) is 0 Å². The number of nitrogens with one attached hydrogen (secondary N) is 2. The van der Waals surface area contributed by atoms with E-state index < -0.39 is 17.3 Å². The predicted molar refractivity (Wildman–Crippen MR) is 105 cm³/mol. The highest BCUT2D eigenvalue weighted by atomic mass is 19.1. The van der Waals surface area contributed by atoms with Gasteiger partial charge in [0.15, 0.2) is 0 Å². The van der Waals surface area contributed by atoms with Gasteiger partial charge in [-0.1, -0.05) is 25.3 Å². The molecule has 3 rings (SSSR count). The second-order valence-corrected chi connectivity index (χ2v) is 7.13. The molecule has 6 nitrogen and oxygen atoms in total. The van der Waals surface area contributed by atoms with Gasteiger partial charge in [0.05, 0.1) is 11.8 Å². The van der Waals surface area contributed by atoms with Crippen molar-refractivity contribution in [2.45, 2.75) is 44.6 Å². The third kappa shape index (κ3) is 5.19. The van der Waals surface area contributed by atoms with Crippen molar-refractivity contribution >= 4 is 11.6 Å². The molecule has 28 heavy (non-hydrogen) atoms. The summed E-state index contributed by atoms with van der Waals surface area (Å²) >= 11 is 0. The Morgan fingerprint density at radius 2 is 2.07 bits per heavy atom. The summed E-state index contributed by atoms with van der Waals surface area (Å²) in [5.41, 5.74) is -0.0450. The Morgan fingerprint density at radius 3 is 2.82 bits per heavy atom. The number of pyridine rings is 1. The second-order valence-electron chi connectivity index (χ2n) is 7.13. The first kappa shape index (κ1) is 20.1. The van der Waals surface area contributed by atoms with Crippen LogP contribution in [0, 0.1) is 5.82 Å². The van der Waals surface area contributed by atoms with Crippen molar-refractivity contribution < 1.29 is 19.0 Å². The fourth-order valence-corrected chi connectivity index (χ4v) is 3.38. The molecule has 7 heteroatoms. The van der Waals surface area contributed by atoms with Crippen LogP contribution < -0.4 is 15.4 Å². The summed E-state index contributed by atoms with van der Waals surface area (Å²) < 4.78 is 19.5. The third-order valence-electron chi connectivity index (χ3n) is 4.85. The minimum atomic E-state index is -0.907. The van der Waals surface area contributed by atoms with Crippen molar-refractivity contribution in [3.05, 3.63) is 47.9 Å². The first-order chi connectivity index (χ1) is 13.5. The number of halogens is 1. The average molecular weight is 387 g/mol. The molecule has 1 heterocycles. The molecule has 0 spiro atoms. The number of aliphatic hydroxyl groups is 1. The molecule has 0 saturated heterocycles. The van der Waals surface area contributed by atoms with E-state index in [0.29, 0.717) is 18.6 Å². The average Bonchev–Trinajstić information content (AvgIpc) is 2.69. The molecule has 1 aromatic heterocycles. The van der Waals surface area contributed by atoms with Gasteiger partial charge in [-0.05, 0) is 38.0 Å². The minimum Gasteiger partial charge on any atom is -0.438 e. The van der Waals surface area contributed by atoms with E-state index in [4.69, 9.17) is 4.74 Å². The third-order valence-corrected chi connectivity index (χ3v) is 4.85. The largest absolute Gasteiger partial charge is 0.438 e. The lowest BCUT2D eigenvalue weighted by Crippen LogP contribution is -2.44. The molecular formula is C21H26FN3O3. The van der Waals surface area contributed by atoms with Gasteiger partial charge in [-0.25, -0.2) is 9.37 Å². The number of hydrogen-bond acceptors (Lipinski definition) is 5. The van der Waals surface area contributed by atoms with Gasteiger partial charge in [0.1, 0.15) is 17.1 Å². The van der Waals surface area contributed by atoms with E-state index in [0.717, 1.165) is 43.8 Å². The summed E-state index contributed by atoms with van der Waals surface area (Å²) in [5.74, 6) is -0.653. The standard InChI is InChI=1S/C21H26FN3O3/c1-2-23-16-7-6-8-17(12-16)28-20-18(11-15(22)13-24-20)19(26)25-14-21(27)9-4-3-5-10-21/h6-8,11-13,23,27H,2-5,9-10,14H2,1H3,(H,25,26). The highest BCUT2D eigenvalue weighted by molar-refractivity contribution is 5.96. The van der Waals surface area contributed by atoms with Crippen molar-refractivity contribution in [3.8, 4) is 11.6 Å². The normalized spacial score (nSPS) is 15.7. The van der Waals surface area contributed by atoms with Crippen molar-refractivity contribution in [1.29, 1.82) is 0 Å². The monoisotopic (exact) mass is 387 g/mol. The van der Waals surface area contributed by atoms with E-state index in [-0.39, 0.29) is 18.0 Å². The highest BCUT2D eigenvalue weighted by Gasteiger charge is 2.30. The van der Waals surface area contributed by atoms with Gasteiger partial charge in [0, 0.05) is 24.8 Å². The molecular weight excluding hydrogens is 361 g/mol. The number of hydrogen-bond donors (Lipinski definition) is 3. The van der Waals surface area contributed by atoms with Crippen LogP contribution in [0.2, 0.25) is 0 Å². The van der Waals surface area contributed by atoms with Crippen molar-refractivity contribution in [3.63, 3.8) is 0 Å². The number of nitrogens with zero attached hydrogens (tertiary/aromatic N) is 1. The van der Waals surface area contributed by atoms with E-state index in [1.54, 1.807) is 12.1 Å². The predicted octanol–water partition coefficient (Wildman–Crippen LogP) is 3.87. The number of anilines is 1. The number of ether oxygens (including phenoxy) is 1. The van der Waals surface area contributed by atoms with Crippen LogP contribution in [0.4, 0.5) is 10.1 Å². The number of aromatic nitrogens is 1. The molecule has 0 atom stereocenters. The summed E-state index contributed by atoms with van der Waals surface area (Å²) in [5, 5.41) is 16.4. The van der Waals surface area contributed by atoms with Crippen LogP contribution in [0.1, 0.15) is 49.4 Å². The van der Waals surface area contributed by atoms with Gasteiger partial charge < -0.3 is 20.5 Å². The van der Waals surface area contributed by atoms with Crippen molar-refractivity contribution in [2.75, 3.05) is 18.4 Å². The van der Waals surface area contributed by atoms with Gasteiger partial charge in [0.2, 0.25) is 5.88 Å². The molecule has 1 saturated carbocycles. The molecule has 0 unspecified atom stereocenters. The summed E-state index contributed by atoms with van der Waals surface area (Å²) in [6, 6.07) is 8.32. The Hall–Kier alpha value is -2.67. The van der Waals surface area contributed by atoms with Crippen LogP contribution in [-0.2, 0) is 0 Å². The number of benzene rings is 1. The minimum absolute atomic E-state index is 0.00624. The lowest BCUT2D eigenvalue weighted by atomic mass is 9.85. The van der Waals surface area contributed by atoms with E-state index in [1.807, 2.05) is 19.1 Å². The van der Waals surface area contributed by atoms with Crippen LogP contribution in [-0.4, -0.2) is 34.7 Å². The summed E-state index contributed by atoms with van der Waals surface area (Å²) in [6.07, 6.45) is 5.27. The Kier molecular flexibility index (Phi) is 6.46. The fourth-order valence-electron chi connectivity index (χ4n) is 3.38. The molecule has 1 aromatic carbocycles. The maximum atomic E-state index is 13.7. The van der Waals surface area contributed by atoms with Gasteiger partial charge in [-0.15, -0.1) is 0 Å².